The van der Waals surface area contributed by atoms with Crippen molar-refractivity contribution < 1.29 is 9.84 Å². The van der Waals surface area contributed by atoms with E-state index in [0.29, 0.717) is 5.92 Å². The molecule has 0 aliphatic carbocycles. The lowest BCUT2D eigenvalue weighted by Gasteiger charge is -2.27. The Morgan fingerprint density at radius 2 is 1.71 bits per heavy atom. The van der Waals surface area contributed by atoms with Gasteiger partial charge < -0.3 is 9.84 Å². The lowest BCUT2D eigenvalue weighted by Crippen LogP contribution is -2.34. The van der Waals surface area contributed by atoms with Crippen LogP contribution in [-0.2, 0) is 4.74 Å². The van der Waals surface area contributed by atoms with Crippen LogP contribution in [0.4, 0.5) is 0 Å². The Labute approximate surface area is 88.7 Å². The second-order valence-electron chi connectivity index (χ2n) is 4.77. The van der Waals surface area contributed by atoms with Crippen molar-refractivity contribution in [1.82, 2.24) is 0 Å². The van der Waals surface area contributed by atoms with Crippen molar-refractivity contribution in [2.75, 3.05) is 6.61 Å². The maximum Gasteiger partial charge on any atom is 0.0838 e. The molecule has 0 bridgehead atoms. The molecule has 0 aromatic rings. The minimum absolute atomic E-state index is 0.00921. The van der Waals surface area contributed by atoms with Gasteiger partial charge in [0.05, 0.1) is 12.2 Å². The van der Waals surface area contributed by atoms with E-state index in [1.54, 1.807) is 0 Å². The molecule has 0 spiro atoms. The number of ether oxygens (including phenoxy) is 1. The van der Waals surface area contributed by atoms with Crippen LogP contribution >= 0.6 is 0 Å². The maximum atomic E-state index is 9.94. The van der Waals surface area contributed by atoms with E-state index >= 15 is 0 Å². The van der Waals surface area contributed by atoms with Crippen molar-refractivity contribution in [3.05, 3.63) is 0 Å². The van der Waals surface area contributed by atoms with Crippen LogP contribution in [0.1, 0.15) is 47.5 Å². The second-order valence-corrected chi connectivity index (χ2v) is 4.77. The number of aliphatic hydroxyl groups excluding tert-OH is 1. The highest BCUT2D eigenvalue weighted by Crippen LogP contribution is 2.17. The zero-order chi connectivity index (χ0) is 11.1. The van der Waals surface area contributed by atoms with Crippen molar-refractivity contribution in [3.8, 4) is 0 Å². The number of hydrogen-bond acceptors (Lipinski definition) is 2. The summed E-state index contributed by atoms with van der Waals surface area (Å²) in [6.07, 6.45) is 1.64. The number of rotatable bonds is 7. The largest absolute Gasteiger partial charge is 0.390 e. The first kappa shape index (κ1) is 13.9. The minimum Gasteiger partial charge on any atom is -0.390 e. The van der Waals surface area contributed by atoms with Gasteiger partial charge in [0.2, 0.25) is 0 Å². The Morgan fingerprint density at radius 3 is 2.07 bits per heavy atom. The van der Waals surface area contributed by atoms with Crippen LogP contribution in [-0.4, -0.2) is 23.9 Å². The molecular formula is C12H26O2. The highest BCUT2D eigenvalue weighted by atomic mass is 16.5. The summed E-state index contributed by atoms with van der Waals surface area (Å²) >= 11 is 0. The first-order valence-corrected chi connectivity index (χ1v) is 5.78. The van der Waals surface area contributed by atoms with E-state index in [-0.39, 0.29) is 18.1 Å². The van der Waals surface area contributed by atoms with E-state index < -0.39 is 0 Å². The van der Waals surface area contributed by atoms with E-state index in [2.05, 4.69) is 20.8 Å². The third-order valence-electron chi connectivity index (χ3n) is 2.30. The first-order valence-electron chi connectivity index (χ1n) is 5.78. The Hall–Kier alpha value is -0.0800. The molecule has 14 heavy (non-hydrogen) atoms. The van der Waals surface area contributed by atoms with Crippen molar-refractivity contribution >= 4 is 0 Å². The third-order valence-corrected chi connectivity index (χ3v) is 2.30. The summed E-state index contributed by atoms with van der Waals surface area (Å²) in [7, 11) is 0. The van der Waals surface area contributed by atoms with Gasteiger partial charge in [0.15, 0.2) is 0 Å². The lowest BCUT2D eigenvalue weighted by molar-refractivity contribution is -0.0646. The molecule has 0 fully saturated rings. The lowest BCUT2D eigenvalue weighted by atomic mass is 9.95. The molecule has 2 unspecified atom stereocenters. The van der Waals surface area contributed by atoms with E-state index in [1.165, 1.54) is 0 Å². The van der Waals surface area contributed by atoms with Gasteiger partial charge in [-0.05, 0) is 24.7 Å². The smallest absolute Gasteiger partial charge is 0.0838 e. The van der Waals surface area contributed by atoms with E-state index in [9.17, 15) is 5.11 Å². The quantitative estimate of drug-likeness (QED) is 0.688. The maximum absolute atomic E-state index is 9.94. The van der Waals surface area contributed by atoms with Crippen LogP contribution in [0.3, 0.4) is 0 Å². The van der Waals surface area contributed by atoms with Crippen LogP contribution in [0.2, 0.25) is 0 Å². The fraction of sp³-hybridized carbons (Fsp3) is 1.00. The standard InChI is InChI=1S/C12H26O2/c1-6-7-14-11(8-9(2)3)12(13)10(4)5/h9-13H,6-8H2,1-5H3. The van der Waals surface area contributed by atoms with Gasteiger partial charge in [0.25, 0.3) is 0 Å². The molecule has 1 N–H and O–H groups in total. The van der Waals surface area contributed by atoms with E-state index in [1.807, 2.05) is 13.8 Å². The van der Waals surface area contributed by atoms with Gasteiger partial charge in [-0.25, -0.2) is 0 Å². The molecule has 0 aliphatic heterocycles. The monoisotopic (exact) mass is 202 g/mol. The zero-order valence-electron chi connectivity index (χ0n) is 10.3. The summed E-state index contributed by atoms with van der Waals surface area (Å²) in [6, 6.07) is 0. The number of hydrogen-bond donors (Lipinski definition) is 1. The van der Waals surface area contributed by atoms with Gasteiger partial charge in [-0.15, -0.1) is 0 Å². The fourth-order valence-corrected chi connectivity index (χ4v) is 1.47. The topological polar surface area (TPSA) is 29.5 Å². The highest BCUT2D eigenvalue weighted by Gasteiger charge is 2.23. The van der Waals surface area contributed by atoms with Gasteiger partial charge in [-0.3, -0.25) is 0 Å². The van der Waals surface area contributed by atoms with Gasteiger partial charge in [-0.2, -0.15) is 0 Å². The molecule has 86 valence electrons. The molecule has 0 radical (unpaired) electrons. The van der Waals surface area contributed by atoms with Crippen molar-refractivity contribution in [3.63, 3.8) is 0 Å². The van der Waals surface area contributed by atoms with Gasteiger partial charge in [0.1, 0.15) is 0 Å². The predicted octanol–water partition coefficient (Wildman–Crippen LogP) is 2.84. The molecule has 0 saturated carbocycles. The molecule has 0 rings (SSSR count). The van der Waals surface area contributed by atoms with Crippen molar-refractivity contribution in [2.24, 2.45) is 11.8 Å². The Kier molecular flexibility index (Phi) is 7.20. The summed E-state index contributed by atoms with van der Waals surface area (Å²) in [5.41, 5.74) is 0. The SMILES string of the molecule is CCCOC(CC(C)C)C(O)C(C)C. The summed E-state index contributed by atoms with van der Waals surface area (Å²) in [6.45, 7) is 11.2. The minimum atomic E-state index is -0.330. The first-order chi connectivity index (χ1) is 6.49. The summed E-state index contributed by atoms with van der Waals surface area (Å²) in [5.74, 6) is 0.848. The highest BCUT2D eigenvalue weighted by molar-refractivity contribution is 4.73. The summed E-state index contributed by atoms with van der Waals surface area (Å²) in [5, 5.41) is 9.94. The average Bonchev–Trinajstić information content (AvgIpc) is 2.10. The fourth-order valence-electron chi connectivity index (χ4n) is 1.47. The normalized spacial score (nSPS) is 16.3. The van der Waals surface area contributed by atoms with Crippen molar-refractivity contribution in [2.45, 2.75) is 59.7 Å². The van der Waals surface area contributed by atoms with Crippen LogP contribution in [0.5, 0.6) is 0 Å². The van der Waals surface area contributed by atoms with Gasteiger partial charge in [-0.1, -0.05) is 34.6 Å². The average molecular weight is 202 g/mol. The Morgan fingerprint density at radius 1 is 1.14 bits per heavy atom. The molecule has 0 heterocycles. The molecule has 0 saturated heterocycles. The van der Waals surface area contributed by atoms with Crippen LogP contribution in [0, 0.1) is 11.8 Å². The summed E-state index contributed by atoms with van der Waals surface area (Å²) < 4.78 is 5.68. The van der Waals surface area contributed by atoms with Gasteiger partial charge in [0, 0.05) is 6.61 Å². The molecule has 0 aliphatic rings. The summed E-state index contributed by atoms with van der Waals surface area (Å²) in [4.78, 5) is 0. The molecule has 2 heteroatoms. The van der Waals surface area contributed by atoms with Crippen LogP contribution in [0.15, 0.2) is 0 Å². The number of aliphatic hydroxyl groups is 1. The van der Waals surface area contributed by atoms with Crippen LogP contribution in [0.25, 0.3) is 0 Å². The molecule has 0 amide bonds. The third kappa shape index (κ3) is 5.61. The Bertz CT molecular complexity index is 132. The van der Waals surface area contributed by atoms with E-state index in [0.717, 1.165) is 19.4 Å². The predicted molar refractivity (Wildman–Crippen MR) is 60.3 cm³/mol. The van der Waals surface area contributed by atoms with E-state index in [4.69, 9.17) is 4.74 Å². The molecule has 0 aromatic heterocycles. The van der Waals surface area contributed by atoms with Crippen LogP contribution < -0.4 is 0 Å². The molecule has 2 nitrogen and oxygen atoms in total. The Balaban J connectivity index is 4.08. The molecular weight excluding hydrogens is 176 g/mol. The molecule has 2 atom stereocenters. The van der Waals surface area contributed by atoms with Crippen molar-refractivity contribution in [1.29, 1.82) is 0 Å². The van der Waals surface area contributed by atoms with Gasteiger partial charge >= 0.3 is 0 Å². The zero-order valence-corrected chi connectivity index (χ0v) is 10.3. The molecule has 0 aromatic carbocycles. The second kappa shape index (κ2) is 7.24.